The molecule has 1 heterocycles. The summed E-state index contributed by atoms with van der Waals surface area (Å²) in [6, 6.07) is 0. The van der Waals surface area contributed by atoms with Crippen LogP contribution < -0.4 is 0 Å². The molecule has 2 fully saturated rings. The van der Waals surface area contributed by atoms with Gasteiger partial charge >= 0.3 is 0 Å². The molecule has 2 aliphatic rings. The van der Waals surface area contributed by atoms with Gasteiger partial charge in [0.1, 0.15) is 7.11 Å². The van der Waals surface area contributed by atoms with Crippen LogP contribution in [0.15, 0.2) is 5.16 Å². The molecule has 0 bridgehead atoms. The van der Waals surface area contributed by atoms with Crippen molar-refractivity contribution in [2.24, 2.45) is 10.6 Å². The lowest BCUT2D eigenvalue weighted by Crippen LogP contribution is -2.39. The van der Waals surface area contributed by atoms with Crippen molar-refractivity contribution in [3.63, 3.8) is 0 Å². The number of likely N-dealkylation sites (tertiary alicyclic amines) is 1. The Labute approximate surface area is 86.1 Å². The minimum atomic E-state index is 0.251. The summed E-state index contributed by atoms with van der Waals surface area (Å²) >= 11 is 0. The summed E-state index contributed by atoms with van der Waals surface area (Å²) in [5.74, 6) is 0. The van der Waals surface area contributed by atoms with E-state index in [0.717, 1.165) is 6.54 Å². The van der Waals surface area contributed by atoms with Crippen molar-refractivity contribution >= 4 is 5.71 Å². The van der Waals surface area contributed by atoms with E-state index in [-0.39, 0.29) is 5.54 Å². The molecule has 1 spiro atoms. The Morgan fingerprint density at radius 3 is 2.43 bits per heavy atom. The van der Waals surface area contributed by atoms with Gasteiger partial charge < -0.3 is 4.84 Å². The van der Waals surface area contributed by atoms with Gasteiger partial charge in [0, 0.05) is 24.0 Å². The molecule has 1 aliphatic heterocycles. The van der Waals surface area contributed by atoms with E-state index in [9.17, 15) is 0 Å². The first-order chi connectivity index (χ1) is 6.48. The van der Waals surface area contributed by atoms with Crippen molar-refractivity contribution in [1.82, 2.24) is 4.90 Å². The average molecular weight is 196 g/mol. The quantitative estimate of drug-likeness (QED) is 0.598. The standard InChI is InChI=1S/C11H20N2O/c1-10(2,3)13-7-9(12-14-4)11(8-13)5-6-11/h5-8H2,1-4H3/b12-9+. The van der Waals surface area contributed by atoms with Crippen molar-refractivity contribution in [1.29, 1.82) is 0 Å². The van der Waals surface area contributed by atoms with Crippen LogP contribution in [0.4, 0.5) is 0 Å². The molecule has 0 aromatic carbocycles. The van der Waals surface area contributed by atoms with Crippen molar-refractivity contribution in [3.05, 3.63) is 0 Å². The van der Waals surface area contributed by atoms with E-state index in [1.165, 1.54) is 25.1 Å². The molecule has 3 heteroatoms. The zero-order chi connectivity index (χ0) is 10.4. The van der Waals surface area contributed by atoms with Gasteiger partial charge in [0.25, 0.3) is 0 Å². The van der Waals surface area contributed by atoms with Crippen LogP contribution in [-0.2, 0) is 4.84 Å². The zero-order valence-electron chi connectivity index (χ0n) is 9.63. The summed E-state index contributed by atoms with van der Waals surface area (Å²) in [4.78, 5) is 7.42. The second kappa shape index (κ2) is 2.96. The van der Waals surface area contributed by atoms with E-state index in [1.54, 1.807) is 7.11 Å². The third-order valence-electron chi connectivity index (χ3n) is 3.45. The molecule has 2 rings (SSSR count). The second-order valence-electron chi connectivity index (χ2n) is 5.53. The topological polar surface area (TPSA) is 24.8 Å². The van der Waals surface area contributed by atoms with Crippen LogP contribution in [0.3, 0.4) is 0 Å². The smallest absolute Gasteiger partial charge is 0.106 e. The van der Waals surface area contributed by atoms with Crippen molar-refractivity contribution in [2.75, 3.05) is 20.2 Å². The first-order valence-corrected chi connectivity index (χ1v) is 5.33. The summed E-state index contributed by atoms with van der Waals surface area (Å²) in [7, 11) is 1.64. The van der Waals surface area contributed by atoms with Crippen LogP contribution >= 0.6 is 0 Å². The molecule has 0 aromatic heterocycles. The Balaban J connectivity index is 2.14. The summed E-state index contributed by atoms with van der Waals surface area (Å²) in [5.41, 5.74) is 1.90. The summed E-state index contributed by atoms with van der Waals surface area (Å²) < 4.78 is 0. The maximum Gasteiger partial charge on any atom is 0.106 e. The lowest BCUT2D eigenvalue weighted by atomic mass is 10.0. The summed E-state index contributed by atoms with van der Waals surface area (Å²) in [5, 5.41) is 4.18. The number of oxime groups is 1. The van der Waals surface area contributed by atoms with Gasteiger partial charge in [-0.05, 0) is 33.6 Å². The van der Waals surface area contributed by atoms with Crippen LogP contribution in [0, 0.1) is 5.41 Å². The molecule has 0 aromatic rings. The normalized spacial score (nSPS) is 28.7. The number of rotatable bonds is 1. The maximum atomic E-state index is 4.92. The highest BCUT2D eigenvalue weighted by atomic mass is 16.6. The lowest BCUT2D eigenvalue weighted by Gasteiger charge is -2.31. The van der Waals surface area contributed by atoms with E-state index < -0.39 is 0 Å². The highest BCUT2D eigenvalue weighted by molar-refractivity contribution is 5.96. The molecule has 0 atom stereocenters. The first-order valence-electron chi connectivity index (χ1n) is 5.33. The average Bonchev–Trinajstić information content (AvgIpc) is 2.71. The van der Waals surface area contributed by atoms with E-state index >= 15 is 0 Å². The Hall–Kier alpha value is -0.570. The van der Waals surface area contributed by atoms with E-state index in [0.29, 0.717) is 5.41 Å². The molecule has 0 amide bonds. The van der Waals surface area contributed by atoms with Crippen molar-refractivity contribution in [2.45, 2.75) is 39.2 Å². The van der Waals surface area contributed by atoms with Crippen LogP contribution in [0.2, 0.25) is 0 Å². The Bertz CT molecular complexity index is 261. The zero-order valence-corrected chi connectivity index (χ0v) is 9.63. The highest BCUT2D eigenvalue weighted by Crippen LogP contribution is 2.52. The largest absolute Gasteiger partial charge is 0.399 e. The number of hydrogen-bond donors (Lipinski definition) is 0. The molecule has 1 aliphatic carbocycles. The van der Waals surface area contributed by atoms with E-state index in [2.05, 4.69) is 30.8 Å². The predicted molar refractivity (Wildman–Crippen MR) is 57.4 cm³/mol. The maximum absolute atomic E-state index is 4.92. The molecular formula is C11H20N2O. The number of hydrogen-bond acceptors (Lipinski definition) is 3. The molecule has 14 heavy (non-hydrogen) atoms. The van der Waals surface area contributed by atoms with Gasteiger partial charge in [-0.2, -0.15) is 0 Å². The van der Waals surface area contributed by atoms with Gasteiger partial charge in [-0.25, -0.2) is 0 Å². The third kappa shape index (κ3) is 1.54. The Morgan fingerprint density at radius 1 is 1.36 bits per heavy atom. The summed E-state index contributed by atoms with van der Waals surface area (Å²) in [6.07, 6.45) is 2.59. The minimum absolute atomic E-state index is 0.251. The van der Waals surface area contributed by atoms with Gasteiger partial charge in [-0.3, -0.25) is 4.90 Å². The molecule has 3 nitrogen and oxygen atoms in total. The highest BCUT2D eigenvalue weighted by Gasteiger charge is 2.55. The fourth-order valence-electron chi connectivity index (χ4n) is 2.17. The monoisotopic (exact) mass is 196 g/mol. The van der Waals surface area contributed by atoms with Crippen LogP contribution in [-0.4, -0.2) is 36.3 Å². The Morgan fingerprint density at radius 2 is 2.00 bits per heavy atom. The van der Waals surface area contributed by atoms with Crippen LogP contribution in [0.5, 0.6) is 0 Å². The molecule has 80 valence electrons. The Kier molecular flexibility index (Phi) is 2.11. The predicted octanol–water partition coefficient (Wildman–Crippen LogP) is 1.88. The SMILES string of the molecule is CO/N=C1\CN(C(C)(C)C)CC12CC2. The van der Waals surface area contributed by atoms with Gasteiger partial charge in [0.05, 0.1) is 5.71 Å². The lowest BCUT2D eigenvalue weighted by molar-refractivity contribution is 0.167. The van der Waals surface area contributed by atoms with E-state index in [1.807, 2.05) is 0 Å². The van der Waals surface area contributed by atoms with Gasteiger partial charge in [-0.15, -0.1) is 0 Å². The van der Waals surface area contributed by atoms with E-state index in [4.69, 9.17) is 4.84 Å². The number of nitrogens with zero attached hydrogens (tertiary/aromatic N) is 2. The van der Waals surface area contributed by atoms with Crippen LogP contribution in [0.1, 0.15) is 33.6 Å². The van der Waals surface area contributed by atoms with Gasteiger partial charge in [0.2, 0.25) is 0 Å². The molecule has 0 N–H and O–H groups in total. The second-order valence-corrected chi connectivity index (χ2v) is 5.53. The van der Waals surface area contributed by atoms with Gasteiger partial charge in [-0.1, -0.05) is 5.16 Å². The molecule has 1 saturated carbocycles. The van der Waals surface area contributed by atoms with Crippen molar-refractivity contribution < 1.29 is 4.84 Å². The fourth-order valence-corrected chi connectivity index (χ4v) is 2.17. The fraction of sp³-hybridized carbons (Fsp3) is 0.909. The molecule has 0 radical (unpaired) electrons. The third-order valence-corrected chi connectivity index (χ3v) is 3.45. The molecule has 0 unspecified atom stereocenters. The molecular weight excluding hydrogens is 176 g/mol. The van der Waals surface area contributed by atoms with Gasteiger partial charge in [0.15, 0.2) is 0 Å². The summed E-state index contributed by atoms with van der Waals surface area (Å²) in [6.45, 7) is 8.94. The van der Waals surface area contributed by atoms with Crippen LogP contribution in [0.25, 0.3) is 0 Å². The van der Waals surface area contributed by atoms with Crippen molar-refractivity contribution in [3.8, 4) is 0 Å². The minimum Gasteiger partial charge on any atom is -0.399 e. The molecule has 1 saturated heterocycles. The first kappa shape index (κ1) is 9.97.